The number of piperidine rings is 1. The van der Waals surface area contributed by atoms with Crippen molar-refractivity contribution in [2.45, 2.75) is 114 Å². The molecular weight excluding hydrogens is 1020 g/mol. The SMILES string of the molecule is COc1ccc(CN2CCN(C3CC4(CCN(c5ccc(C(=O)NS(=O)(=O)c6ccc(NCC7CCC(C)(O)CC7)c([N+](=O)[O-])c6)c(Oc6cnc7[nH]ccc7c6)c5)CC4)C3)C(c3ccccc3C(C)C)C2)cc1OC(F)F. The summed E-state index contributed by atoms with van der Waals surface area (Å²) in [5, 5.41) is 26.5. The van der Waals surface area contributed by atoms with E-state index in [2.05, 4.69) is 72.8 Å². The summed E-state index contributed by atoms with van der Waals surface area (Å²) in [6.45, 7) is 8.23. The summed E-state index contributed by atoms with van der Waals surface area (Å²) in [5.74, 6) is 0.249. The molecule has 1 atom stereocenters. The molecule has 4 heterocycles. The Bertz CT molecular complexity index is 3260. The van der Waals surface area contributed by atoms with Crippen LogP contribution in [0.2, 0.25) is 0 Å². The summed E-state index contributed by atoms with van der Waals surface area (Å²) >= 11 is 0. The lowest BCUT2D eigenvalue weighted by molar-refractivity contribution is -0.384. The number of fused-ring (bicyclic) bond motifs is 1. The van der Waals surface area contributed by atoms with Gasteiger partial charge in [0.25, 0.3) is 21.6 Å². The van der Waals surface area contributed by atoms with E-state index < -0.39 is 43.6 Å². The summed E-state index contributed by atoms with van der Waals surface area (Å²) in [6.07, 6.45) is 10.0. The van der Waals surface area contributed by atoms with E-state index in [0.29, 0.717) is 49.3 Å². The second-order valence-electron chi connectivity index (χ2n) is 22.2. The van der Waals surface area contributed by atoms with Crippen LogP contribution in [0.25, 0.3) is 11.0 Å². The molecule has 4 aromatic carbocycles. The Morgan fingerprint density at radius 2 is 1.71 bits per heavy atom. The van der Waals surface area contributed by atoms with Crippen LogP contribution in [-0.2, 0) is 16.6 Å². The van der Waals surface area contributed by atoms with E-state index in [1.54, 1.807) is 49.5 Å². The van der Waals surface area contributed by atoms with Crippen molar-refractivity contribution in [2.75, 3.05) is 56.6 Å². The van der Waals surface area contributed by atoms with Crippen molar-refractivity contribution in [1.82, 2.24) is 24.5 Å². The Hall–Kier alpha value is -6.87. The molecular formula is C58H68F2N8O9S. The van der Waals surface area contributed by atoms with Crippen LogP contribution in [0.3, 0.4) is 0 Å². The number of anilines is 2. The first kappa shape index (κ1) is 54.5. The maximum absolute atomic E-state index is 14.1. The van der Waals surface area contributed by atoms with Crippen molar-refractivity contribution in [3.05, 3.63) is 136 Å². The first-order chi connectivity index (χ1) is 37.3. The van der Waals surface area contributed by atoms with Gasteiger partial charge in [0, 0.05) is 87.3 Å². The van der Waals surface area contributed by atoms with Crippen molar-refractivity contribution < 1.29 is 46.2 Å². The first-order valence-corrected chi connectivity index (χ1v) is 28.3. The topological polar surface area (TPSA) is 205 Å². The van der Waals surface area contributed by atoms with Gasteiger partial charge in [-0.2, -0.15) is 8.78 Å². The van der Waals surface area contributed by atoms with Crippen LogP contribution in [0, 0.1) is 21.4 Å². The molecule has 4 aliphatic rings. The molecule has 0 radical (unpaired) electrons. The van der Waals surface area contributed by atoms with Gasteiger partial charge in [-0.25, -0.2) is 18.1 Å². The largest absolute Gasteiger partial charge is 0.493 e. The zero-order chi connectivity index (χ0) is 54.9. The van der Waals surface area contributed by atoms with E-state index >= 15 is 0 Å². The van der Waals surface area contributed by atoms with Crippen LogP contribution in [0.5, 0.6) is 23.0 Å². The molecule has 4 N–H and O–H groups in total. The molecule has 2 saturated heterocycles. The number of nitro groups is 1. The summed E-state index contributed by atoms with van der Waals surface area (Å²) in [5.41, 5.74) is 4.01. The van der Waals surface area contributed by atoms with Crippen molar-refractivity contribution in [2.24, 2.45) is 11.3 Å². The molecule has 1 amide bonds. The highest BCUT2D eigenvalue weighted by molar-refractivity contribution is 7.90. The highest BCUT2D eigenvalue weighted by Gasteiger charge is 2.50. The molecule has 2 aromatic heterocycles. The third-order valence-corrected chi connectivity index (χ3v) is 17.9. The van der Waals surface area contributed by atoms with E-state index in [-0.39, 0.29) is 45.9 Å². The van der Waals surface area contributed by atoms with Crippen molar-refractivity contribution in [3.8, 4) is 23.0 Å². The molecule has 17 nitrogen and oxygen atoms in total. The van der Waals surface area contributed by atoms with Gasteiger partial charge in [0.1, 0.15) is 22.8 Å². The third-order valence-electron chi connectivity index (χ3n) is 16.6. The minimum atomic E-state index is -4.62. The highest BCUT2D eigenvalue weighted by atomic mass is 32.2. The Morgan fingerprint density at radius 1 is 0.936 bits per heavy atom. The van der Waals surface area contributed by atoms with Gasteiger partial charge in [0.2, 0.25) is 0 Å². The fourth-order valence-electron chi connectivity index (χ4n) is 12.2. The Kier molecular flexibility index (Phi) is 15.7. The molecule has 1 spiro atoms. The zero-order valence-electron chi connectivity index (χ0n) is 44.4. The fraction of sp³-hybridized carbons (Fsp3) is 0.448. The third kappa shape index (κ3) is 12.1. The molecule has 10 rings (SSSR count). The number of nitrogens with one attached hydrogen (secondary N) is 3. The van der Waals surface area contributed by atoms with Crippen LogP contribution >= 0.6 is 0 Å². The number of aromatic nitrogens is 2. The lowest BCUT2D eigenvalue weighted by Crippen LogP contribution is -2.60. The number of amides is 1. The number of H-pyrrole nitrogens is 1. The number of alkyl halides is 2. The number of nitrogens with zero attached hydrogens (tertiary/aromatic N) is 5. The molecule has 4 fully saturated rings. The predicted octanol–water partition coefficient (Wildman–Crippen LogP) is 10.8. The molecule has 2 saturated carbocycles. The number of carbonyl (C=O) groups excluding carboxylic acids is 1. The van der Waals surface area contributed by atoms with Crippen LogP contribution < -0.4 is 29.1 Å². The molecule has 1 unspecified atom stereocenters. The van der Waals surface area contributed by atoms with Gasteiger partial charge in [-0.05, 0) is 141 Å². The van der Waals surface area contributed by atoms with Gasteiger partial charge in [0.05, 0.1) is 34.3 Å². The van der Waals surface area contributed by atoms with Crippen LogP contribution in [-0.4, -0.2) is 109 Å². The number of hydrogen-bond acceptors (Lipinski definition) is 14. The monoisotopic (exact) mass is 1090 g/mol. The quantitative estimate of drug-likeness (QED) is 0.0467. The molecule has 0 bridgehead atoms. The number of aliphatic hydroxyl groups is 1. The second kappa shape index (κ2) is 22.5. The van der Waals surface area contributed by atoms with E-state index in [4.69, 9.17) is 14.2 Å². The lowest BCUT2D eigenvalue weighted by Gasteiger charge is -2.58. The maximum Gasteiger partial charge on any atom is 0.387 e. The number of rotatable bonds is 18. The molecule has 2 aliphatic heterocycles. The highest BCUT2D eigenvalue weighted by Crippen LogP contribution is 2.53. The number of ether oxygens (including phenoxy) is 3. The van der Waals surface area contributed by atoms with Gasteiger partial charge in [0.15, 0.2) is 11.5 Å². The van der Waals surface area contributed by atoms with Crippen LogP contribution in [0.1, 0.15) is 111 Å². The van der Waals surface area contributed by atoms with Gasteiger partial charge >= 0.3 is 6.61 Å². The standard InChI is InChI=1S/C58H68F2N8O9S/c1-37(2)45-7-5-6-8-46(45)50-36-65(35-39-9-14-51(75-4)53(27-39)77-56(59)60)25-26-67(50)42-31-58(32-42)20-23-66(24-21-58)41-10-12-47(52(29-41)76-43-28-40-17-22-61-54(40)63-34-43)55(69)64-78(73,74)44-11-13-48(49(30-44)68(71)72)62-33-38-15-18-57(3,70)19-16-38/h5-14,17,22,27-30,34,37-38,42,50,56,62,70H,15-16,18-21,23-26,31-33,35-36H2,1-4H3,(H,61,63)(H,64,69). The number of carbonyl (C=O) groups is 1. The molecule has 6 aromatic rings. The number of methoxy groups -OCH3 is 1. The Balaban J connectivity index is 0.829. The predicted molar refractivity (Wildman–Crippen MR) is 293 cm³/mol. The first-order valence-electron chi connectivity index (χ1n) is 26.9. The number of halogens is 2. The fourth-order valence-corrected chi connectivity index (χ4v) is 13.2. The van der Waals surface area contributed by atoms with E-state index in [9.17, 15) is 37.2 Å². The van der Waals surface area contributed by atoms with Crippen LogP contribution in [0.15, 0.2) is 108 Å². The second-order valence-corrected chi connectivity index (χ2v) is 23.9. The molecule has 414 valence electrons. The lowest BCUT2D eigenvalue weighted by atomic mass is 9.59. The number of benzene rings is 4. The van der Waals surface area contributed by atoms with E-state index in [1.165, 1.54) is 36.6 Å². The number of sulfonamides is 1. The summed E-state index contributed by atoms with van der Waals surface area (Å²) in [7, 11) is -3.18. The van der Waals surface area contributed by atoms with Crippen molar-refractivity contribution in [1.29, 1.82) is 0 Å². The summed E-state index contributed by atoms with van der Waals surface area (Å²) in [4.78, 5) is 40.1. The number of pyridine rings is 1. The summed E-state index contributed by atoms with van der Waals surface area (Å²) < 4.78 is 73.0. The van der Waals surface area contributed by atoms with Gasteiger partial charge in [-0.1, -0.05) is 44.2 Å². The molecule has 2 aliphatic carbocycles. The average Bonchev–Trinajstić information content (AvgIpc) is 4.04. The summed E-state index contributed by atoms with van der Waals surface area (Å²) in [6, 6.07) is 26.6. The van der Waals surface area contributed by atoms with Crippen molar-refractivity contribution >= 4 is 44.0 Å². The van der Waals surface area contributed by atoms with Gasteiger partial charge in [-0.15, -0.1) is 0 Å². The zero-order valence-corrected chi connectivity index (χ0v) is 45.2. The minimum absolute atomic E-state index is 0.0222. The molecule has 20 heteroatoms. The number of aromatic amines is 1. The minimum Gasteiger partial charge on any atom is -0.493 e. The van der Waals surface area contributed by atoms with Crippen LogP contribution in [0.4, 0.5) is 25.8 Å². The Morgan fingerprint density at radius 3 is 2.44 bits per heavy atom. The molecule has 78 heavy (non-hydrogen) atoms. The number of hydrogen-bond donors (Lipinski definition) is 4. The normalized spacial score (nSPS) is 21.2. The number of piperazine rings is 1. The smallest absolute Gasteiger partial charge is 0.387 e. The van der Waals surface area contributed by atoms with Gasteiger partial charge in [-0.3, -0.25) is 24.7 Å². The van der Waals surface area contributed by atoms with E-state index in [0.717, 1.165) is 94.0 Å². The van der Waals surface area contributed by atoms with Crippen molar-refractivity contribution in [3.63, 3.8) is 0 Å². The number of nitro benzene ring substituents is 1. The maximum atomic E-state index is 14.1. The van der Waals surface area contributed by atoms with E-state index in [1.807, 2.05) is 12.1 Å². The Labute approximate surface area is 453 Å². The average molecular weight is 1090 g/mol. The van der Waals surface area contributed by atoms with Gasteiger partial charge < -0.3 is 34.5 Å².